The highest BCUT2D eigenvalue weighted by atomic mass is 16.7. The van der Waals surface area contributed by atoms with Crippen LogP contribution in [0, 0.1) is 6.92 Å². The molecule has 1 saturated heterocycles. The number of H-pyrrole nitrogens is 1. The van der Waals surface area contributed by atoms with Crippen molar-refractivity contribution in [1.29, 1.82) is 0 Å². The van der Waals surface area contributed by atoms with E-state index in [9.17, 15) is 4.79 Å². The number of aromatic amines is 1. The lowest BCUT2D eigenvalue weighted by atomic mass is 9.88. The summed E-state index contributed by atoms with van der Waals surface area (Å²) in [6.45, 7) is 3.24. The molecule has 1 N–H and O–H groups in total. The van der Waals surface area contributed by atoms with Crippen molar-refractivity contribution in [3.8, 4) is 0 Å². The van der Waals surface area contributed by atoms with Gasteiger partial charge in [0.2, 0.25) is 0 Å². The third-order valence-electron chi connectivity index (χ3n) is 3.80. The number of rotatable bonds is 1. The van der Waals surface area contributed by atoms with E-state index in [2.05, 4.69) is 11.1 Å². The average Bonchev–Trinajstić information content (AvgIpc) is 2.83. The first kappa shape index (κ1) is 11.7. The number of nitrogens with one attached hydrogen (secondary N) is 1. The summed E-state index contributed by atoms with van der Waals surface area (Å²) in [6.07, 6.45) is 6.39. The minimum absolute atomic E-state index is 0.0120. The summed E-state index contributed by atoms with van der Waals surface area (Å²) in [4.78, 5) is 14.3. The van der Waals surface area contributed by atoms with Crippen molar-refractivity contribution in [3.63, 3.8) is 0 Å². The Morgan fingerprint density at radius 1 is 1.33 bits per heavy atom. The Labute approximate surface area is 106 Å². The van der Waals surface area contributed by atoms with Crippen LogP contribution in [0.1, 0.15) is 30.4 Å². The molecular weight excluding hydrogens is 230 g/mol. The second-order valence-electron chi connectivity index (χ2n) is 4.89. The van der Waals surface area contributed by atoms with Crippen molar-refractivity contribution >= 4 is 5.57 Å². The highest BCUT2D eigenvalue weighted by molar-refractivity contribution is 5.68. The van der Waals surface area contributed by atoms with Crippen molar-refractivity contribution in [3.05, 3.63) is 39.8 Å². The van der Waals surface area contributed by atoms with E-state index >= 15 is 0 Å². The van der Waals surface area contributed by atoms with E-state index < -0.39 is 5.79 Å². The van der Waals surface area contributed by atoms with Crippen LogP contribution in [0.5, 0.6) is 0 Å². The molecule has 96 valence electrons. The minimum Gasteiger partial charge on any atom is -0.347 e. The van der Waals surface area contributed by atoms with Crippen molar-refractivity contribution in [1.82, 2.24) is 4.98 Å². The van der Waals surface area contributed by atoms with Crippen LogP contribution in [-0.2, 0) is 9.47 Å². The summed E-state index contributed by atoms with van der Waals surface area (Å²) in [5.41, 5.74) is 3.05. The fourth-order valence-corrected chi connectivity index (χ4v) is 2.72. The maximum Gasteiger partial charge on any atom is 0.251 e. The smallest absolute Gasteiger partial charge is 0.251 e. The van der Waals surface area contributed by atoms with Crippen LogP contribution >= 0.6 is 0 Å². The normalized spacial score (nSPS) is 22.2. The van der Waals surface area contributed by atoms with Gasteiger partial charge in [-0.05, 0) is 30.5 Å². The fraction of sp³-hybridized carbons (Fsp3) is 0.500. The molecule has 1 spiro atoms. The van der Waals surface area contributed by atoms with E-state index in [4.69, 9.17) is 9.47 Å². The van der Waals surface area contributed by atoms with Gasteiger partial charge in [-0.15, -0.1) is 0 Å². The first-order chi connectivity index (χ1) is 8.70. The molecule has 1 fully saturated rings. The number of pyridine rings is 1. The Bertz CT molecular complexity index is 538. The first-order valence-corrected chi connectivity index (χ1v) is 6.36. The van der Waals surface area contributed by atoms with Gasteiger partial charge in [0.1, 0.15) is 0 Å². The van der Waals surface area contributed by atoms with E-state index in [0.717, 1.165) is 30.4 Å². The molecule has 4 heteroatoms. The SMILES string of the molecule is Cc1c(C2=CCC3(CC2)OCCO3)cc[nH]c1=O. The number of hydrogen-bond acceptors (Lipinski definition) is 3. The molecule has 0 amide bonds. The van der Waals surface area contributed by atoms with Gasteiger partial charge in [-0.25, -0.2) is 0 Å². The third kappa shape index (κ3) is 1.91. The Morgan fingerprint density at radius 2 is 2.11 bits per heavy atom. The molecule has 0 atom stereocenters. The van der Waals surface area contributed by atoms with Gasteiger partial charge >= 0.3 is 0 Å². The topological polar surface area (TPSA) is 51.3 Å². The molecule has 3 rings (SSSR count). The monoisotopic (exact) mass is 247 g/mol. The zero-order valence-electron chi connectivity index (χ0n) is 10.5. The van der Waals surface area contributed by atoms with Gasteiger partial charge in [0.05, 0.1) is 13.2 Å². The molecule has 0 radical (unpaired) electrons. The Hall–Kier alpha value is -1.39. The molecule has 18 heavy (non-hydrogen) atoms. The van der Waals surface area contributed by atoms with Gasteiger partial charge in [0.15, 0.2) is 5.79 Å². The fourth-order valence-electron chi connectivity index (χ4n) is 2.72. The summed E-state index contributed by atoms with van der Waals surface area (Å²) in [6, 6.07) is 1.97. The van der Waals surface area contributed by atoms with Gasteiger partial charge in [-0.1, -0.05) is 6.08 Å². The summed E-state index contributed by atoms with van der Waals surface area (Å²) in [5, 5.41) is 0. The van der Waals surface area contributed by atoms with Crippen LogP contribution < -0.4 is 5.56 Å². The van der Waals surface area contributed by atoms with Crippen LogP contribution in [0.15, 0.2) is 23.1 Å². The number of ether oxygens (including phenoxy) is 2. The third-order valence-corrected chi connectivity index (χ3v) is 3.80. The lowest BCUT2D eigenvalue weighted by molar-refractivity contribution is -0.159. The first-order valence-electron chi connectivity index (χ1n) is 6.36. The summed E-state index contributed by atoms with van der Waals surface area (Å²) in [5.74, 6) is -0.390. The second-order valence-corrected chi connectivity index (χ2v) is 4.89. The molecule has 2 aliphatic rings. The zero-order chi connectivity index (χ0) is 12.6. The largest absolute Gasteiger partial charge is 0.347 e. The molecule has 0 saturated carbocycles. The van der Waals surface area contributed by atoms with Crippen molar-refractivity contribution in [2.45, 2.75) is 32.0 Å². The molecule has 4 nitrogen and oxygen atoms in total. The predicted molar refractivity (Wildman–Crippen MR) is 68.3 cm³/mol. The molecule has 1 aromatic rings. The summed E-state index contributed by atoms with van der Waals surface area (Å²) >= 11 is 0. The summed E-state index contributed by atoms with van der Waals surface area (Å²) in [7, 11) is 0. The second kappa shape index (κ2) is 4.37. The van der Waals surface area contributed by atoms with Crippen molar-refractivity contribution in [2.75, 3.05) is 13.2 Å². The number of allylic oxidation sites excluding steroid dienone is 1. The highest BCUT2D eigenvalue weighted by Gasteiger charge is 2.37. The van der Waals surface area contributed by atoms with E-state index in [1.807, 2.05) is 13.0 Å². The standard InChI is InChI=1S/C14H17NO3/c1-10-12(4-7-15-13(10)16)11-2-5-14(6-3-11)17-8-9-18-14/h2,4,7H,3,5-6,8-9H2,1H3,(H,15,16). The molecule has 0 bridgehead atoms. The predicted octanol–water partition coefficient (Wildman–Crippen LogP) is 1.99. The quantitative estimate of drug-likeness (QED) is 0.825. The van der Waals surface area contributed by atoms with E-state index in [1.54, 1.807) is 6.20 Å². The van der Waals surface area contributed by atoms with E-state index in [-0.39, 0.29) is 5.56 Å². The Balaban J connectivity index is 1.88. The van der Waals surface area contributed by atoms with Crippen LogP contribution in [0.25, 0.3) is 5.57 Å². The molecule has 1 aromatic heterocycles. The molecule has 0 unspecified atom stereocenters. The Kier molecular flexibility index (Phi) is 2.84. The van der Waals surface area contributed by atoms with Crippen LogP contribution in [0.3, 0.4) is 0 Å². The molecule has 2 heterocycles. The minimum atomic E-state index is -0.390. The number of aromatic nitrogens is 1. The molecule has 1 aliphatic carbocycles. The van der Waals surface area contributed by atoms with Gasteiger partial charge < -0.3 is 14.5 Å². The van der Waals surface area contributed by atoms with Crippen molar-refractivity contribution in [2.24, 2.45) is 0 Å². The van der Waals surface area contributed by atoms with Crippen LogP contribution in [0.2, 0.25) is 0 Å². The van der Waals surface area contributed by atoms with Gasteiger partial charge in [-0.3, -0.25) is 4.79 Å². The summed E-state index contributed by atoms with van der Waals surface area (Å²) < 4.78 is 11.4. The molecule has 0 aromatic carbocycles. The molecular formula is C14H17NO3. The maximum atomic E-state index is 11.6. The number of hydrogen-bond donors (Lipinski definition) is 1. The maximum absolute atomic E-state index is 11.6. The van der Waals surface area contributed by atoms with Crippen molar-refractivity contribution < 1.29 is 9.47 Å². The zero-order valence-corrected chi connectivity index (χ0v) is 10.5. The average molecular weight is 247 g/mol. The Morgan fingerprint density at radius 3 is 2.78 bits per heavy atom. The van der Waals surface area contributed by atoms with Gasteiger partial charge in [-0.2, -0.15) is 0 Å². The highest BCUT2D eigenvalue weighted by Crippen LogP contribution is 2.38. The van der Waals surface area contributed by atoms with Crippen LogP contribution in [-0.4, -0.2) is 24.0 Å². The van der Waals surface area contributed by atoms with E-state index in [0.29, 0.717) is 13.2 Å². The van der Waals surface area contributed by atoms with Gasteiger partial charge in [0, 0.05) is 24.6 Å². The molecule has 1 aliphatic heterocycles. The van der Waals surface area contributed by atoms with Crippen LogP contribution in [0.4, 0.5) is 0 Å². The van der Waals surface area contributed by atoms with E-state index in [1.165, 1.54) is 5.57 Å². The lowest BCUT2D eigenvalue weighted by Gasteiger charge is -2.30. The lowest BCUT2D eigenvalue weighted by Crippen LogP contribution is -2.31. The van der Waals surface area contributed by atoms with Gasteiger partial charge in [0.25, 0.3) is 5.56 Å².